The van der Waals surface area contributed by atoms with Gasteiger partial charge < -0.3 is 10.1 Å². The largest absolute Gasteiger partial charge is 0.461 e. The monoisotopic (exact) mass is 257 g/mol. The molecule has 18 heavy (non-hydrogen) atoms. The van der Waals surface area contributed by atoms with Gasteiger partial charge in [-0.1, -0.05) is 32.6 Å². The molecule has 0 aromatic heterocycles. The molecule has 0 heterocycles. The molecule has 0 aliphatic heterocycles. The van der Waals surface area contributed by atoms with Crippen LogP contribution in [0.15, 0.2) is 0 Å². The van der Waals surface area contributed by atoms with Gasteiger partial charge in [0.25, 0.3) is 0 Å². The lowest BCUT2D eigenvalue weighted by Gasteiger charge is -2.15. The quantitative estimate of drug-likeness (QED) is 0.510. The number of hydrogen-bond donors (Lipinski definition) is 1. The van der Waals surface area contributed by atoms with E-state index in [2.05, 4.69) is 12.2 Å². The summed E-state index contributed by atoms with van der Waals surface area (Å²) in [6.07, 6.45) is 5.90. The van der Waals surface area contributed by atoms with E-state index in [4.69, 9.17) is 4.74 Å². The van der Waals surface area contributed by atoms with Crippen LogP contribution in [-0.4, -0.2) is 24.0 Å². The third-order valence-corrected chi connectivity index (χ3v) is 2.59. The molecule has 0 spiro atoms. The summed E-state index contributed by atoms with van der Waals surface area (Å²) in [4.78, 5) is 23.0. The summed E-state index contributed by atoms with van der Waals surface area (Å²) in [7, 11) is 0. The summed E-state index contributed by atoms with van der Waals surface area (Å²) in [5.41, 5.74) is 0. The molecule has 1 atom stereocenters. The predicted molar refractivity (Wildman–Crippen MR) is 72.2 cm³/mol. The lowest BCUT2D eigenvalue weighted by Crippen LogP contribution is -2.40. The van der Waals surface area contributed by atoms with E-state index in [1.54, 1.807) is 20.8 Å². The first kappa shape index (κ1) is 16.9. The van der Waals surface area contributed by atoms with Crippen molar-refractivity contribution in [3.8, 4) is 0 Å². The maximum atomic E-state index is 11.6. The number of esters is 1. The Morgan fingerprint density at radius 2 is 1.67 bits per heavy atom. The minimum Gasteiger partial charge on any atom is -0.461 e. The molecule has 0 aromatic rings. The molecule has 0 bridgehead atoms. The number of hydrogen-bond acceptors (Lipinski definition) is 3. The van der Waals surface area contributed by atoms with Crippen LogP contribution in [0, 0.1) is 0 Å². The standard InChI is InChI=1S/C14H27NO3/c1-5-6-7-8-9-10-13(16)15-12(4)14(17)18-11(2)3/h11-12H,5-10H2,1-4H3,(H,15,16)/t12-/m0/s1. The van der Waals surface area contributed by atoms with Crippen molar-refractivity contribution >= 4 is 11.9 Å². The van der Waals surface area contributed by atoms with E-state index in [0.717, 1.165) is 12.8 Å². The topological polar surface area (TPSA) is 55.4 Å². The van der Waals surface area contributed by atoms with Gasteiger partial charge in [-0.05, 0) is 27.2 Å². The Morgan fingerprint density at radius 3 is 2.22 bits per heavy atom. The van der Waals surface area contributed by atoms with Gasteiger partial charge in [-0.3, -0.25) is 4.79 Å². The van der Waals surface area contributed by atoms with Crippen LogP contribution in [-0.2, 0) is 14.3 Å². The average Bonchev–Trinajstić information content (AvgIpc) is 2.27. The number of ether oxygens (including phenoxy) is 1. The highest BCUT2D eigenvalue weighted by atomic mass is 16.5. The number of carbonyl (C=O) groups is 2. The van der Waals surface area contributed by atoms with Gasteiger partial charge in [0.2, 0.25) is 5.91 Å². The van der Waals surface area contributed by atoms with Crippen LogP contribution in [0.1, 0.15) is 66.2 Å². The van der Waals surface area contributed by atoms with Gasteiger partial charge in [0, 0.05) is 6.42 Å². The van der Waals surface area contributed by atoms with E-state index in [9.17, 15) is 9.59 Å². The van der Waals surface area contributed by atoms with Gasteiger partial charge in [-0.25, -0.2) is 4.79 Å². The zero-order valence-corrected chi connectivity index (χ0v) is 12.1. The van der Waals surface area contributed by atoms with Crippen LogP contribution < -0.4 is 5.32 Å². The Morgan fingerprint density at radius 1 is 1.06 bits per heavy atom. The van der Waals surface area contributed by atoms with E-state index >= 15 is 0 Å². The zero-order chi connectivity index (χ0) is 14.0. The second kappa shape index (κ2) is 9.92. The minimum absolute atomic E-state index is 0.0697. The first-order valence-electron chi connectivity index (χ1n) is 6.97. The highest BCUT2D eigenvalue weighted by Gasteiger charge is 2.17. The lowest BCUT2D eigenvalue weighted by atomic mass is 10.1. The summed E-state index contributed by atoms with van der Waals surface area (Å²) in [6.45, 7) is 7.40. The van der Waals surface area contributed by atoms with Gasteiger partial charge >= 0.3 is 5.97 Å². The Kier molecular flexibility index (Phi) is 9.33. The number of carbonyl (C=O) groups excluding carboxylic acids is 2. The van der Waals surface area contributed by atoms with Crippen molar-refractivity contribution in [2.45, 2.75) is 78.4 Å². The van der Waals surface area contributed by atoms with Crippen molar-refractivity contribution in [2.24, 2.45) is 0 Å². The molecule has 106 valence electrons. The molecule has 0 rings (SSSR count). The maximum Gasteiger partial charge on any atom is 0.328 e. The second-order valence-electron chi connectivity index (χ2n) is 4.94. The fraction of sp³-hybridized carbons (Fsp3) is 0.857. The molecule has 0 fully saturated rings. The van der Waals surface area contributed by atoms with Gasteiger partial charge in [-0.2, -0.15) is 0 Å². The summed E-state index contributed by atoms with van der Waals surface area (Å²) in [5.74, 6) is -0.441. The number of nitrogens with one attached hydrogen (secondary N) is 1. The first-order chi connectivity index (χ1) is 8.47. The summed E-state index contributed by atoms with van der Waals surface area (Å²) < 4.78 is 5.02. The molecule has 0 unspecified atom stereocenters. The van der Waals surface area contributed by atoms with Crippen LogP contribution in [0.2, 0.25) is 0 Å². The van der Waals surface area contributed by atoms with E-state index in [0.29, 0.717) is 6.42 Å². The third-order valence-electron chi connectivity index (χ3n) is 2.59. The third kappa shape index (κ3) is 9.02. The Bertz CT molecular complexity index is 251. The summed E-state index contributed by atoms with van der Waals surface area (Å²) >= 11 is 0. The number of amides is 1. The van der Waals surface area contributed by atoms with Gasteiger partial charge in [0.1, 0.15) is 6.04 Å². The van der Waals surface area contributed by atoms with Crippen LogP contribution in [0.3, 0.4) is 0 Å². The van der Waals surface area contributed by atoms with Gasteiger partial charge in [0.05, 0.1) is 6.10 Å². The Hall–Kier alpha value is -1.06. The lowest BCUT2D eigenvalue weighted by molar-refractivity contribution is -0.150. The summed E-state index contributed by atoms with van der Waals surface area (Å²) in [6, 6.07) is -0.560. The molecule has 0 saturated carbocycles. The molecule has 0 aliphatic carbocycles. The molecule has 4 nitrogen and oxygen atoms in total. The van der Waals surface area contributed by atoms with E-state index < -0.39 is 6.04 Å². The summed E-state index contributed by atoms with van der Waals surface area (Å²) in [5, 5.41) is 2.66. The minimum atomic E-state index is -0.560. The van der Waals surface area contributed by atoms with E-state index in [1.165, 1.54) is 19.3 Å². The van der Waals surface area contributed by atoms with Crippen molar-refractivity contribution in [3.05, 3.63) is 0 Å². The van der Waals surface area contributed by atoms with Crippen LogP contribution in [0.4, 0.5) is 0 Å². The second-order valence-corrected chi connectivity index (χ2v) is 4.94. The van der Waals surface area contributed by atoms with Crippen LogP contribution >= 0.6 is 0 Å². The number of unbranched alkanes of at least 4 members (excludes halogenated alkanes) is 4. The highest BCUT2D eigenvalue weighted by molar-refractivity contribution is 5.84. The molecular formula is C14H27NO3. The smallest absolute Gasteiger partial charge is 0.328 e. The van der Waals surface area contributed by atoms with Crippen molar-refractivity contribution in [3.63, 3.8) is 0 Å². The maximum absolute atomic E-state index is 11.6. The molecule has 1 N–H and O–H groups in total. The van der Waals surface area contributed by atoms with E-state index in [-0.39, 0.29) is 18.0 Å². The van der Waals surface area contributed by atoms with Crippen molar-refractivity contribution in [1.29, 1.82) is 0 Å². The first-order valence-corrected chi connectivity index (χ1v) is 6.97. The highest BCUT2D eigenvalue weighted by Crippen LogP contribution is 2.05. The molecule has 0 aromatic carbocycles. The Balaban J connectivity index is 3.70. The van der Waals surface area contributed by atoms with Gasteiger partial charge in [-0.15, -0.1) is 0 Å². The van der Waals surface area contributed by atoms with Crippen LogP contribution in [0.25, 0.3) is 0 Å². The molecular weight excluding hydrogens is 230 g/mol. The fourth-order valence-corrected chi connectivity index (χ4v) is 1.60. The molecule has 0 saturated heterocycles. The van der Waals surface area contributed by atoms with Crippen molar-refractivity contribution < 1.29 is 14.3 Å². The van der Waals surface area contributed by atoms with Gasteiger partial charge in [0.15, 0.2) is 0 Å². The number of rotatable bonds is 9. The van der Waals surface area contributed by atoms with Crippen molar-refractivity contribution in [1.82, 2.24) is 5.32 Å². The normalized spacial score (nSPS) is 12.3. The van der Waals surface area contributed by atoms with E-state index in [1.807, 2.05) is 0 Å². The predicted octanol–water partition coefficient (Wildman–Crippen LogP) is 2.80. The molecule has 0 aliphatic rings. The Labute approximate surface area is 110 Å². The van der Waals surface area contributed by atoms with Crippen molar-refractivity contribution in [2.75, 3.05) is 0 Å². The fourth-order valence-electron chi connectivity index (χ4n) is 1.60. The zero-order valence-electron chi connectivity index (χ0n) is 12.1. The molecule has 0 radical (unpaired) electrons. The average molecular weight is 257 g/mol. The van der Waals surface area contributed by atoms with Crippen LogP contribution in [0.5, 0.6) is 0 Å². The molecule has 1 amide bonds. The SMILES string of the molecule is CCCCCCCC(=O)N[C@@H](C)C(=O)OC(C)C. The molecule has 4 heteroatoms.